The standard InChI is InChI=1S/C30H35F3N6O8S2/c1-29(2,3)27(42)46-16-45-26(41)21(13-18-12-17-6-8-35-24(34)19(17)14-22(18)47-30(31,32)33)39-11-7-20(25(39)40)37-49(43,44)23-15-36-28(48-23)38-9-4-5-10-38/h6,8,12,14-15,20-21,37H,4-5,7,9-11,13,16H2,1-3H3,(H2,34,35). The lowest BCUT2D eigenvalue weighted by atomic mass is 9.98. The van der Waals surface area contributed by atoms with Crippen molar-refractivity contribution in [3.05, 3.63) is 36.2 Å². The Morgan fingerprint density at radius 2 is 1.84 bits per heavy atom. The second-order valence-corrected chi connectivity index (χ2v) is 15.5. The third-order valence-electron chi connectivity index (χ3n) is 7.92. The van der Waals surface area contributed by atoms with Crippen LogP contribution in [0.1, 0.15) is 45.6 Å². The fraction of sp³-hybridized carbons (Fsp3) is 0.500. The smallest absolute Gasteiger partial charge is 0.427 e. The van der Waals surface area contributed by atoms with Gasteiger partial charge in [0.2, 0.25) is 12.7 Å². The Balaban J connectivity index is 1.41. The number of hydrogen-bond donors (Lipinski definition) is 2. The summed E-state index contributed by atoms with van der Waals surface area (Å²) < 4.78 is 83.8. The summed E-state index contributed by atoms with van der Waals surface area (Å²) >= 11 is 0.961. The van der Waals surface area contributed by atoms with Gasteiger partial charge in [-0.2, -0.15) is 4.72 Å². The lowest BCUT2D eigenvalue weighted by molar-refractivity contribution is -0.274. The Bertz CT molecular complexity index is 1840. The Morgan fingerprint density at radius 3 is 2.51 bits per heavy atom. The highest BCUT2D eigenvalue weighted by atomic mass is 32.2. The second-order valence-electron chi connectivity index (χ2n) is 12.6. The van der Waals surface area contributed by atoms with Crippen LogP contribution >= 0.6 is 11.3 Å². The van der Waals surface area contributed by atoms with Crippen molar-refractivity contribution in [1.29, 1.82) is 0 Å². The number of benzene rings is 1. The average Bonchev–Trinajstić information content (AvgIpc) is 3.78. The summed E-state index contributed by atoms with van der Waals surface area (Å²) in [6.45, 7) is 5.24. The normalized spacial score (nSPS) is 17.8. The van der Waals surface area contributed by atoms with Gasteiger partial charge in [0.25, 0.3) is 10.0 Å². The maximum absolute atomic E-state index is 13.7. The number of anilines is 2. The van der Waals surface area contributed by atoms with Gasteiger partial charge in [-0.3, -0.25) is 9.59 Å². The van der Waals surface area contributed by atoms with Gasteiger partial charge in [0.15, 0.2) is 9.34 Å². The number of halogens is 3. The van der Waals surface area contributed by atoms with Gasteiger partial charge in [0, 0.05) is 37.6 Å². The molecule has 4 heterocycles. The molecule has 2 aliphatic heterocycles. The number of fused-ring (bicyclic) bond motifs is 1. The maximum Gasteiger partial charge on any atom is 0.573 e. The van der Waals surface area contributed by atoms with Gasteiger partial charge in [-0.05, 0) is 69.2 Å². The van der Waals surface area contributed by atoms with Crippen molar-refractivity contribution in [2.45, 2.75) is 69.1 Å². The van der Waals surface area contributed by atoms with E-state index >= 15 is 0 Å². The van der Waals surface area contributed by atoms with E-state index in [0.717, 1.165) is 48.2 Å². The fourth-order valence-electron chi connectivity index (χ4n) is 5.43. The highest BCUT2D eigenvalue weighted by Gasteiger charge is 2.43. The number of nitrogens with zero attached hydrogens (tertiary/aromatic N) is 4. The SMILES string of the molecule is CC(C)(C)C(=O)OCOC(=O)C(Cc1cc2ccnc(N)c2cc1OC(F)(F)F)N1CCC(NS(=O)(=O)c2cnc(N3CCCC3)s2)C1=O. The number of aromatic nitrogens is 2. The minimum Gasteiger partial charge on any atom is -0.427 e. The Labute approximate surface area is 283 Å². The zero-order chi connectivity index (χ0) is 35.7. The molecule has 2 atom stereocenters. The minimum atomic E-state index is -5.13. The molecule has 2 saturated heterocycles. The lowest BCUT2D eigenvalue weighted by Crippen LogP contribution is -2.48. The second kappa shape index (κ2) is 13.9. The van der Waals surface area contributed by atoms with E-state index in [1.165, 1.54) is 24.5 Å². The Hall–Kier alpha value is -4.23. The number of hydrogen-bond acceptors (Lipinski definition) is 13. The van der Waals surface area contributed by atoms with Gasteiger partial charge in [-0.1, -0.05) is 11.3 Å². The van der Waals surface area contributed by atoms with Crippen molar-refractivity contribution in [3.63, 3.8) is 0 Å². The van der Waals surface area contributed by atoms with Crippen molar-refractivity contribution in [2.24, 2.45) is 5.41 Å². The molecule has 2 aliphatic rings. The molecule has 19 heteroatoms. The molecule has 5 rings (SSSR count). The molecule has 266 valence electrons. The number of nitrogen functional groups attached to an aromatic ring is 1. The van der Waals surface area contributed by atoms with E-state index in [0.29, 0.717) is 10.5 Å². The number of nitrogens with two attached hydrogens (primary N) is 1. The monoisotopic (exact) mass is 728 g/mol. The molecular weight excluding hydrogens is 693 g/mol. The third kappa shape index (κ3) is 8.50. The number of ether oxygens (including phenoxy) is 3. The van der Waals surface area contributed by atoms with Crippen LogP contribution in [0.5, 0.6) is 5.75 Å². The number of carbonyl (C=O) groups excluding carboxylic acids is 3. The topological polar surface area (TPSA) is 183 Å². The highest BCUT2D eigenvalue weighted by molar-refractivity contribution is 7.91. The van der Waals surface area contributed by atoms with Crippen LogP contribution in [0.4, 0.5) is 24.1 Å². The zero-order valence-electron chi connectivity index (χ0n) is 26.8. The van der Waals surface area contributed by atoms with Crippen molar-refractivity contribution in [1.82, 2.24) is 19.6 Å². The molecule has 0 saturated carbocycles. The van der Waals surface area contributed by atoms with Gasteiger partial charge in [-0.15, -0.1) is 13.2 Å². The molecule has 0 radical (unpaired) electrons. The van der Waals surface area contributed by atoms with E-state index in [9.17, 15) is 36.0 Å². The van der Waals surface area contributed by atoms with Crippen LogP contribution in [0.15, 0.2) is 34.8 Å². The van der Waals surface area contributed by atoms with Gasteiger partial charge in [-0.25, -0.2) is 23.2 Å². The van der Waals surface area contributed by atoms with Gasteiger partial charge < -0.3 is 29.7 Å². The first-order chi connectivity index (χ1) is 22.9. The largest absolute Gasteiger partial charge is 0.573 e. The van der Waals surface area contributed by atoms with E-state index in [4.69, 9.17) is 15.2 Å². The predicted octanol–water partition coefficient (Wildman–Crippen LogP) is 3.35. The van der Waals surface area contributed by atoms with Crippen LogP contribution in [0.25, 0.3) is 10.8 Å². The van der Waals surface area contributed by atoms with Crippen molar-refractivity contribution < 1.29 is 50.2 Å². The predicted molar refractivity (Wildman–Crippen MR) is 171 cm³/mol. The minimum absolute atomic E-state index is 0.0639. The summed E-state index contributed by atoms with van der Waals surface area (Å²) in [5.41, 5.74) is 4.81. The molecule has 0 bridgehead atoms. The van der Waals surface area contributed by atoms with Gasteiger partial charge >= 0.3 is 18.3 Å². The van der Waals surface area contributed by atoms with Gasteiger partial charge in [0.05, 0.1) is 11.6 Å². The van der Waals surface area contributed by atoms with Crippen molar-refractivity contribution >= 4 is 60.9 Å². The number of alkyl halides is 3. The summed E-state index contributed by atoms with van der Waals surface area (Å²) in [6.07, 6.45) is -1.26. The lowest BCUT2D eigenvalue weighted by Gasteiger charge is -2.28. The van der Waals surface area contributed by atoms with Gasteiger partial charge in [0.1, 0.15) is 23.7 Å². The molecular formula is C30H35F3N6O8S2. The van der Waals surface area contributed by atoms with Crippen molar-refractivity contribution in [2.75, 3.05) is 37.1 Å². The number of pyridine rings is 1. The van der Waals surface area contributed by atoms with E-state index in [-0.39, 0.29) is 33.9 Å². The molecule has 3 aromatic rings. The summed E-state index contributed by atoms with van der Waals surface area (Å²) in [6, 6.07) is 0.961. The number of rotatable bonds is 11. The number of thiazole rings is 1. The first-order valence-electron chi connectivity index (χ1n) is 15.2. The number of amides is 1. The molecule has 1 aromatic carbocycles. The maximum atomic E-state index is 13.7. The van der Waals surface area contributed by atoms with E-state index in [1.807, 2.05) is 4.90 Å². The van der Waals surface area contributed by atoms with Crippen LogP contribution in [0.2, 0.25) is 0 Å². The number of nitrogens with one attached hydrogen (secondary N) is 1. The van der Waals surface area contributed by atoms with E-state index < -0.39 is 70.7 Å². The molecule has 2 aromatic heterocycles. The first-order valence-corrected chi connectivity index (χ1v) is 17.5. The Morgan fingerprint density at radius 1 is 1.12 bits per heavy atom. The van der Waals surface area contributed by atoms with Crippen LogP contribution < -0.4 is 20.1 Å². The van der Waals surface area contributed by atoms with Crippen molar-refractivity contribution in [3.8, 4) is 5.75 Å². The van der Waals surface area contributed by atoms with Crippen LogP contribution in [-0.2, 0) is 40.3 Å². The molecule has 0 spiro atoms. The summed E-state index contributed by atoms with van der Waals surface area (Å²) in [5.74, 6) is -3.37. The Kier molecular flexibility index (Phi) is 10.3. The molecule has 3 N–H and O–H groups in total. The average molecular weight is 729 g/mol. The molecule has 0 aliphatic carbocycles. The number of likely N-dealkylation sites (tertiary alicyclic amines) is 1. The van der Waals surface area contributed by atoms with E-state index in [2.05, 4.69) is 19.4 Å². The van der Waals surface area contributed by atoms with E-state index in [1.54, 1.807) is 20.8 Å². The van der Waals surface area contributed by atoms with Crippen LogP contribution in [0.3, 0.4) is 0 Å². The first kappa shape index (κ1) is 36.1. The summed E-state index contributed by atoms with van der Waals surface area (Å²) in [7, 11) is -4.21. The molecule has 14 nitrogen and oxygen atoms in total. The van der Waals surface area contributed by atoms with Crippen LogP contribution in [-0.4, -0.2) is 86.0 Å². The molecule has 49 heavy (non-hydrogen) atoms. The molecule has 1 amide bonds. The zero-order valence-corrected chi connectivity index (χ0v) is 28.4. The molecule has 2 fully saturated rings. The summed E-state index contributed by atoms with van der Waals surface area (Å²) in [5, 5.41) is 1.07. The van der Waals surface area contributed by atoms with Crippen LogP contribution in [0, 0.1) is 5.41 Å². The fourth-order valence-corrected chi connectivity index (χ4v) is 7.84. The quantitative estimate of drug-likeness (QED) is 0.217. The summed E-state index contributed by atoms with van der Waals surface area (Å²) in [4.78, 5) is 50.5. The number of esters is 2. The third-order valence-corrected chi connectivity index (χ3v) is 10.9. The number of sulfonamides is 1. The molecule has 2 unspecified atom stereocenters. The highest BCUT2D eigenvalue weighted by Crippen LogP contribution is 2.35. The number of carbonyl (C=O) groups is 3.